The van der Waals surface area contributed by atoms with Gasteiger partial charge in [0.25, 0.3) is 0 Å². The summed E-state index contributed by atoms with van der Waals surface area (Å²) >= 11 is 0. The lowest BCUT2D eigenvalue weighted by molar-refractivity contribution is -0.164. The molecule has 0 saturated carbocycles. The van der Waals surface area contributed by atoms with Crippen molar-refractivity contribution in [2.24, 2.45) is 29.1 Å². The Bertz CT molecular complexity index is 532. The Kier molecular flexibility index (Phi) is 6.17. The zero-order valence-electron chi connectivity index (χ0n) is 15.8. The maximum atomic E-state index is 12.3. The minimum absolute atomic E-state index is 0.193. The van der Waals surface area contributed by atoms with E-state index in [1.165, 1.54) is 0 Å². The average molecular weight is 352 g/mol. The van der Waals surface area contributed by atoms with Crippen molar-refractivity contribution < 1.29 is 24.5 Å². The van der Waals surface area contributed by atoms with Crippen molar-refractivity contribution in [2.45, 2.75) is 72.3 Å². The highest BCUT2D eigenvalue weighted by Gasteiger charge is 2.62. The molecular formula is C20H32O5. The first-order valence-corrected chi connectivity index (χ1v) is 9.70. The fraction of sp³-hybridized carbons (Fsp3) is 0.800. The van der Waals surface area contributed by atoms with Gasteiger partial charge < -0.3 is 14.9 Å². The van der Waals surface area contributed by atoms with Gasteiger partial charge in [0.05, 0.1) is 5.92 Å². The summed E-state index contributed by atoms with van der Waals surface area (Å²) in [5, 5.41) is 20.1. The summed E-state index contributed by atoms with van der Waals surface area (Å²) in [5.74, 6) is -1.93. The predicted molar refractivity (Wildman–Crippen MR) is 95.0 cm³/mol. The Balaban J connectivity index is 2.44. The van der Waals surface area contributed by atoms with Crippen molar-refractivity contribution in [2.75, 3.05) is 0 Å². The monoisotopic (exact) mass is 352 g/mol. The first-order chi connectivity index (χ1) is 11.8. The molecule has 0 amide bonds. The van der Waals surface area contributed by atoms with E-state index in [9.17, 15) is 19.8 Å². The van der Waals surface area contributed by atoms with Crippen LogP contribution in [0.2, 0.25) is 0 Å². The number of hydrogen-bond donors (Lipinski definition) is 2. The van der Waals surface area contributed by atoms with Gasteiger partial charge in [-0.25, -0.2) is 0 Å². The highest BCUT2D eigenvalue weighted by molar-refractivity contribution is 5.86. The van der Waals surface area contributed by atoms with Crippen LogP contribution in [0.1, 0.15) is 66.2 Å². The van der Waals surface area contributed by atoms with E-state index in [1.54, 1.807) is 6.08 Å². The van der Waals surface area contributed by atoms with Gasteiger partial charge in [-0.05, 0) is 30.8 Å². The van der Waals surface area contributed by atoms with Gasteiger partial charge in [-0.2, -0.15) is 0 Å². The van der Waals surface area contributed by atoms with Crippen molar-refractivity contribution in [3.8, 4) is 0 Å². The molecule has 0 bridgehead atoms. The van der Waals surface area contributed by atoms with Crippen LogP contribution in [0.15, 0.2) is 11.8 Å². The van der Waals surface area contributed by atoms with Crippen LogP contribution in [0.3, 0.4) is 0 Å². The molecule has 4 unspecified atom stereocenters. The van der Waals surface area contributed by atoms with Gasteiger partial charge in [0.15, 0.2) is 6.10 Å². The number of fused-ring (bicyclic) bond motifs is 1. The molecule has 0 aromatic rings. The summed E-state index contributed by atoms with van der Waals surface area (Å²) < 4.78 is 5.65. The minimum atomic E-state index is -1.36. The number of carboxylic acids is 2. The van der Waals surface area contributed by atoms with E-state index in [0.29, 0.717) is 24.5 Å². The summed E-state index contributed by atoms with van der Waals surface area (Å²) in [5.41, 5.74) is -1.36. The molecule has 0 spiro atoms. The van der Waals surface area contributed by atoms with Gasteiger partial charge in [-0.3, -0.25) is 9.59 Å². The predicted octanol–water partition coefficient (Wildman–Crippen LogP) is 4.32. The molecule has 0 radical (unpaired) electrons. The van der Waals surface area contributed by atoms with Crippen molar-refractivity contribution in [3.63, 3.8) is 0 Å². The quantitative estimate of drug-likeness (QED) is 0.572. The van der Waals surface area contributed by atoms with Crippen LogP contribution in [-0.2, 0) is 14.3 Å². The second-order valence-corrected chi connectivity index (χ2v) is 7.72. The highest BCUT2D eigenvalue weighted by atomic mass is 16.6. The van der Waals surface area contributed by atoms with Crippen LogP contribution in [0.5, 0.6) is 0 Å². The summed E-state index contributed by atoms with van der Waals surface area (Å²) in [6.07, 6.45) is 6.15. The van der Waals surface area contributed by atoms with Gasteiger partial charge in [0.2, 0.25) is 0 Å². The largest absolute Gasteiger partial charge is 0.483 e. The second kappa shape index (κ2) is 7.79. The number of epoxide rings is 1. The van der Waals surface area contributed by atoms with Crippen LogP contribution < -0.4 is 0 Å². The fourth-order valence-electron chi connectivity index (χ4n) is 4.62. The zero-order chi connectivity index (χ0) is 18.8. The van der Waals surface area contributed by atoms with Crippen LogP contribution >= 0.6 is 0 Å². The molecule has 2 aliphatic rings. The van der Waals surface area contributed by atoms with E-state index in [0.717, 1.165) is 25.7 Å². The summed E-state index contributed by atoms with van der Waals surface area (Å²) in [7, 11) is 0. The van der Waals surface area contributed by atoms with Crippen molar-refractivity contribution in [1.82, 2.24) is 0 Å². The minimum Gasteiger partial charge on any atom is -0.483 e. The number of aliphatic carboxylic acids is 2. The van der Waals surface area contributed by atoms with E-state index in [-0.39, 0.29) is 17.9 Å². The highest BCUT2D eigenvalue weighted by Crippen LogP contribution is 2.56. The molecule has 1 fully saturated rings. The lowest BCUT2D eigenvalue weighted by Gasteiger charge is -2.40. The standard InChI is InChI=1S/C20H32O5/c1-5-12(6-2)9-14-16(18(21)22)20(19(23)24,10-13(7-3)8-4)11-15-17(14)25-15/h11-14,16-17H,5-10H2,1-4H3,(H,21,22)(H,23,24). The lowest BCUT2D eigenvalue weighted by Crippen LogP contribution is -2.49. The Hall–Kier alpha value is -1.52. The molecule has 1 aliphatic heterocycles. The summed E-state index contributed by atoms with van der Waals surface area (Å²) in [6, 6.07) is 0. The molecule has 1 aliphatic carbocycles. The maximum absolute atomic E-state index is 12.3. The van der Waals surface area contributed by atoms with Crippen molar-refractivity contribution in [3.05, 3.63) is 11.8 Å². The van der Waals surface area contributed by atoms with Gasteiger partial charge in [0.1, 0.15) is 11.2 Å². The van der Waals surface area contributed by atoms with E-state index in [4.69, 9.17) is 4.74 Å². The number of carboxylic acid groups (broad SMARTS) is 2. The Morgan fingerprint density at radius 1 is 1.08 bits per heavy atom. The van der Waals surface area contributed by atoms with Crippen molar-refractivity contribution in [1.29, 1.82) is 0 Å². The molecule has 142 valence electrons. The number of carbonyl (C=O) groups is 2. The maximum Gasteiger partial charge on any atom is 0.314 e. The van der Waals surface area contributed by atoms with Crippen LogP contribution in [0.25, 0.3) is 0 Å². The average Bonchev–Trinajstić information content (AvgIpc) is 3.35. The molecule has 0 aromatic heterocycles. The smallest absolute Gasteiger partial charge is 0.314 e. The summed E-state index contributed by atoms with van der Waals surface area (Å²) in [4.78, 5) is 24.5. The molecule has 2 N–H and O–H groups in total. The van der Waals surface area contributed by atoms with E-state index in [1.807, 2.05) is 13.8 Å². The number of rotatable bonds is 10. The van der Waals surface area contributed by atoms with Crippen molar-refractivity contribution >= 4 is 11.9 Å². The molecule has 5 heteroatoms. The molecular weight excluding hydrogens is 320 g/mol. The number of ether oxygens (including phenoxy) is 1. The van der Waals surface area contributed by atoms with E-state index < -0.39 is 23.3 Å². The van der Waals surface area contributed by atoms with Gasteiger partial charge in [0, 0.05) is 5.92 Å². The molecule has 5 nitrogen and oxygen atoms in total. The second-order valence-electron chi connectivity index (χ2n) is 7.72. The Labute approximate surface area is 150 Å². The van der Waals surface area contributed by atoms with Gasteiger partial charge in [-0.15, -0.1) is 0 Å². The SMILES string of the molecule is CCC(CC)CC1C2OC2=CC(CC(CC)CC)(C(=O)O)C1C(=O)O. The first-order valence-electron chi connectivity index (χ1n) is 9.70. The molecule has 0 aromatic carbocycles. The molecule has 4 atom stereocenters. The van der Waals surface area contributed by atoms with Crippen LogP contribution in [0, 0.1) is 29.1 Å². The lowest BCUT2D eigenvalue weighted by atomic mass is 9.59. The zero-order valence-corrected chi connectivity index (χ0v) is 15.8. The van der Waals surface area contributed by atoms with Crippen LogP contribution in [-0.4, -0.2) is 28.3 Å². The third-order valence-corrected chi connectivity index (χ3v) is 6.46. The summed E-state index contributed by atoms with van der Waals surface area (Å²) in [6.45, 7) is 8.28. The fourth-order valence-corrected chi connectivity index (χ4v) is 4.62. The van der Waals surface area contributed by atoms with E-state index in [2.05, 4.69) is 13.8 Å². The topological polar surface area (TPSA) is 87.1 Å². The number of hydrogen-bond acceptors (Lipinski definition) is 3. The Morgan fingerprint density at radius 2 is 1.64 bits per heavy atom. The molecule has 1 saturated heterocycles. The third kappa shape index (κ3) is 3.70. The van der Waals surface area contributed by atoms with Gasteiger partial charge >= 0.3 is 11.9 Å². The van der Waals surface area contributed by atoms with Gasteiger partial charge in [-0.1, -0.05) is 53.4 Å². The molecule has 25 heavy (non-hydrogen) atoms. The third-order valence-electron chi connectivity index (χ3n) is 6.46. The normalized spacial score (nSPS) is 30.6. The Morgan fingerprint density at radius 3 is 2.08 bits per heavy atom. The first kappa shape index (κ1) is 19.8. The van der Waals surface area contributed by atoms with E-state index >= 15 is 0 Å². The molecule has 1 heterocycles. The van der Waals surface area contributed by atoms with Crippen LogP contribution in [0.4, 0.5) is 0 Å². The molecule has 2 rings (SSSR count).